The number of ether oxygens (including phenoxy) is 1. The first-order valence-corrected chi connectivity index (χ1v) is 9.14. The van der Waals surface area contributed by atoms with Crippen LogP contribution in [0.5, 0.6) is 5.88 Å². The lowest BCUT2D eigenvalue weighted by molar-refractivity contribution is 0.102. The zero-order chi connectivity index (χ0) is 22.1. The van der Waals surface area contributed by atoms with Gasteiger partial charge < -0.3 is 15.4 Å². The number of rotatable bonds is 5. The molecule has 31 heavy (non-hydrogen) atoms. The van der Waals surface area contributed by atoms with Crippen molar-refractivity contribution < 1.29 is 22.7 Å². The molecular formula is C20H13ClF3N5O2. The van der Waals surface area contributed by atoms with E-state index in [1.165, 1.54) is 48.2 Å². The van der Waals surface area contributed by atoms with Crippen LogP contribution in [0.1, 0.15) is 10.4 Å². The predicted octanol–water partition coefficient (Wildman–Crippen LogP) is 4.80. The molecule has 0 unspecified atom stereocenters. The van der Waals surface area contributed by atoms with Gasteiger partial charge in [-0.25, -0.2) is 23.1 Å². The van der Waals surface area contributed by atoms with Gasteiger partial charge in [0.2, 0.25) is 5.88 Å². The second-order valence-electron chi connectivity index (χ2n) is 6.30. The van der Waals surface area contributed by atoms with E-state index in [0.29, 0.717) is 0 Å². The molecule has 158 valence electrons. The van der Waals surface area contributed by atoms with Crippen LogP contribution in [-0.2, 0) is 0 Å². The van der Waals surface area contributed by atoms with Crippen LogP contribution in [0.2, 0.25) is 5.15 Å². The largest absolute Gasteiger partial charge is 0.480 e. The molecule has 4 rings (SSSR count). The van der Waals surface area contributed by atoms with Gasteiger partial charge in [0.25, 0.3) is 5.91 Å². The van der Waals surface area contributed by atoms with Crippen LogP contribution in [0.3, 0.4) is 0 Å². The summed E-state index contributed by atoms with van der Waals surface area (Å²) in [5, 5.41) is 5.46. The van der Waals surface area contributed by atoms with E-state index in [2.05, 4.69) is 20.6 Å². The maximum Gasteiger partial charge on any atom is 0.264 e. The first kappa shape index (κ1) is 20.5. The number of hydrogen-bond acceptors (Lipinski definition) is 5. The second-order valence-corrected chi connectivity index (χ2v) is 6.69. The molecule has 1 amide bonds. The van der Waals surface area contributed by atoms with E-state index in [-0.39, 0.29) is 39.4 Å². The Kier molecular flexibility index (Phi) is 5.38. The van der Waals surface area contributed by atoms with Gasteiger partial charge in [-0.3, -0.25) is 9.20 Å². The molecule has 0 fully saturated rings. The average Bonchev–Trinajstić information content (AvgIpc) is 3.11. The van der Waals surface area contributed by atoms with Crippen molar-refractivity contribution in [1.82, 2.24) is 14.4 Å². The van der Waals surface area contributed by atoms with E-state index in [1.807, 2.05) is 0 Å². The lowest BCUT2D eigenvalue weighted by Gasteiger charge is -2.15. The Balaban J connectivity index is 1.73. The summed E-state index contributed by atoms with van der Waals surface area (Å²) in [7, 11) is 1.30. The maximum absolute atomic E-state index is 13.6. The molecule has 0 saturated heterocycles. The van der Waals surface area contributed by atoms with E-state index in [1.54, 1.807) is 0 Å². The first-order chi connectivity index (χ1) is 14.9. The molecule has 0 aliphatic heterocycles. The first-order valence-electron chi connectivity index (χ1n) is 8.76. The Labute approximate surface area is 178 Å². The Morgan fingerprint density at radius 1 is 1.13 bits per heavy atom. The van der Waals surface area contributed by atoms with E-state index < -0.39 is 23.4 Å². The lowest BCUT2D eigenvalue weighted by Crippen LogP contribution is -2.17. The van der Waals surface area contributed by atoms with Crippen molar-refractivity contribution in [2.75, 3.05) is 17.7 Å². The van der Waals surface area contributed by atoms with Gasteiger partial charge in [0.15, 0.2) is 11.6 Å². The highest BCUT2D eigenvalue weighted by Crippen LogP contribution is 2.31. The number of fused-ring (bicyclic) bond motifs is 1. The number of nitrogens with zero attached hydrogens (tertiary/aromatic N) is 3. The molecule has 0 aliphatic rings. The highest BCUT2D eigenvalue weighted by atomic mass is 35.5. The minimum Gasteiger partial charge on any atom is -0.480 e. The summed E-state index contributed by atoms with van der Waals surface area (Å²) in [5.74, 6) is -3.06. The molecule has 0 bridgehead atoms. The zero-order valence-corrected chi connectivity index (χ0v) is 16.5. The van der Waals surface area contributed by atoms with Crippen molar-refractivity contribution in [3.05, 3.63) is 77.0 Å². The number of amides is 1. The molecule has 3 heterocycles. The van der Waals surface area contributed by atoms with Gasteiger partial charge in [-0.1, -0.05) is 11.6 Å². The van der Waals surface area contributed by atoms with Crippen LogP contribution in [-0.4, -0.2) is 27.4 Å². The van der Waals surface area contributed by atoms with E-state index in [9.17, 15) is 18.0 Å². The quantitative estimate of drug-likeness (QED) is 0.429. The molecule has 0 saturated carbocycles. The summed E-state index contributed by atoms with van der Waals surface area (Å²) in [4.78, 5) is 21.1. The van der Waals surface area contributed by atoms with Crippen LogP contribution >= 0.6 is 11.6 Å². The predicted molar refractivity (Wildman–Crippen MR) is 109 cm³/mol. The van der Waals surface area contributed by atoms with Crippen LogP contribution in [0.4, 0.5) is 30.4 Å². The van der Waals surface area contributed by atoms with Gasteiger partial charge in [-0.15, -0.1) is 0 Å². The Morgan fingerprint density at radius 3 is 2.68 bits per heavy atom. The summed E-state index contributed by atoms with van der Waals surface area (Å²) < 4.78 is 46.9. The zero-order valence-electron chi connectivity index (χ0n) is 15.8. The minimum atomic E-state index is -1.07. The van der Waals surface area contributed by atoms with Gasteiger partial charge in [0.1, 0.15) is 28.0 Å². The van der Waals surface area contributed by atoms with Gasteiger partial charge in [-0.05, 0) is 18.2 Å². The maximum atomic E-state index is 13.6. The SMILES string of the molecule is COc1nc(Cl)cc(Nc2ccc(F)c(F)c2)c1C(=O)Nc1cnc2cc(F)ccn12. The third-order valence-electron chi connectivity index (χ3n) is 4.29. The third kappa shape index (κ3) is 4.10. The number of benzene rings is 1. The Hall–Kier alpha value is -3.79. The van der Waals surface area contributed by atoms with E-state index in [4.69, 9.17) is 16.3 Å². The Morgan fingerprint density at radius 2 is 1.94 bits per heavy atom. The number of hydrogen-bond donors (Lipinski definition) is 2. The van der Waals surface area contributed by atoms with Gasteiger partial charge in [0.05, 0.1) is 19.0 Å². The topological polar surface area (TPSA) is 80.5 Å². The van der Waals surface area contributed by atoms with Crippen molar-refractivity contribution in [1.29, 1.82) is 0 Å². The van der Waals surface area contributed by atoms with Crippen molar-refractivity contribution in [3.63, 3.8) is 0 Å². The molecular weight excluding hydrogens is 435 g/mol. The number of carbonyl (C=O) groups is 1. The van der Waals surface area contributed by atoms with Crippen LogP contribution in [0.15, 0.2) is 48.8 Å². The molecule has 4 aromatic rings. The fourth-order valence-corrected chi connectivity index (χ4v) is 3.10. The number of imidazole rings is 1. The number of pyridine rings is 2. The molecule has 11 heteroatoms. The smallest absolute Gasteiger partial charge is 0.264 e. The molecule has 0 atom stereocenters. The van der Waals surface area contributed by atoms with Crippen LogP contribution < -0.4 is 15.4 Å². The highest BCUT2D eigenvalue weighted by molar-refractivity contribution is 6.30. The third-order valence-corrected chi connectivity index (χ3v) is 4.48. The van der Waals surface area contributed by atoms with Crippen molar-refractivity contribution >= 4 is 40.3 Å². The molecule has 0 spiro atoms. The highest BCUT2D eigenvalue weighted by Gasteiger charge is 2.22. The number of aromatic nitrogens is 3. The van der Waals surface area contributed by atoms with Crippen molar-refractivity contribution in [3.8, 4) is 5.88 Å². The molecule has 3 aromatic heterocycles. The number of anilines is 3. The summed E-state index contributed by atoms with van der Waals surface area (Å²) >= 11 is 6.02. The van der Waals surface area contributed by atoms with Crippen molar-refractivity contribution in [2.45, 2.75) is 0 Å². The van der Waals surface area contributed by atoms with Crippen LogP contribution in [0, 0.1) is 17.5 Å². The number of nitrogens with one attached hydrogen (secondary N) is 2. The fraction of sp³-hybridized carbons (Fsp3) is 0.0500. The van der Waals surface area contributed by atoms with Crippen LogP contribution in [0.25, 0.3) is 5.65 Å². The van der Waals surface area contributed by atoms with E-state index >= 15 is 0 Å². The summed E-state index contributed by atoms with van der Waals surface area (Å²) in [6.07, 6.45) is 2.76. The fourth-order valence-electron chi connectivity index (χ4n) is 2.91. The standard InChI is InChI=1S/C20H13ClF3N5O2/c1-31-20-18(19(30)28-17-9-25-16-6-10(22)4-5-29(16)17)14(8-15(21)27-20)26-11-2-3-12(23)13(24)7-11/h2-9H,1H3,(H,26,27)(H,28,30). The van der Waals surface area contributed by atoms with Gasteiger partial charge in [0, 0.05) is 30.1 Å². The average molecular weight is 448 g/mol. The van der Waals surface area contributed by atoms with Gasteiger partial charge >= 0.3 is 0 Å². The Bertz CT molecular complexity index is 1310. The van der Waals surface area contributed by atoms with E-state index in [0.717, 1.165) is 12.1 Å². The number of halogens is 4. The molecule has 0 aliphatic carbocycles. The second kappa shape index (κ2) is 8.15. The number of methoxy groups -OCH3 is 1. The summed E-state index contributed by atoms with van der Waals surface area (Å²) in [5.41, 5.74) is 0.549. The normalized spacial score (nSPS) is 10.9. The molecule has 7 nitrogen and oxygen atoms in total. The van der Waals surface area contributed by atoms with Gasteiger partial charge in [-0.2, -0.15) is 0 Å². The molecule has 0 radical (unpaired) electrons. The van der Waals surface area contributed by atoms with Crippen molar-refractivity contribution in [2.24, 2.45) is 0 Å². The molecule has 1 aromatic carbocycles. The number of carbonyl (C=O) groups excluding carboxylic acids is 1. The molecule has 2 N–H and O–H groups in total. The lowest BCUT2D eigenvalue weighted by atomic mass is 10.2. The summed E-state index contributed by atoms with van der Waals surface area (Å²) in [6, 6.07) is 6.91. The monoisotopic (exact) mass is 447 g/mol. The minimum absolute atomic E-state index is 0.00348. The summed E-state index contributed by atoms with van der Waals surface area (Å²) in [6.45, 7) is 0.